The molecule has 3 nitrogen and oxygen atoms in total. The van der Waals surface area contributed by atoms with Gasteiger partial charge < -0.3 is 4.98 Å². The van der Waals surface area contributed by atoms with Crippen molar-refractivity contribution in [2.75, 3.05) is 0 Å². The van der Waals surface area contributed by atoms with E-state index in [0.29, 0.717) is 6.42 Å². The maximum Gasteiger partial charge on any atom is 0.168 e. The van der Waals surface area contributed by atoms with E-state index in [9.17, 15) is 4.79 Å². The largest absolute Gasteiger partial charge is 0.354 e. The number of H-pyrrole nitrogens is 1. The van der Waals surface area contributed by atoms with Crippen molar-refractivity contribution < 1.29 is 4.79 Å². The van der Waals surface area contributed by atoms with Crippen LogP contribution in [0.2, 0.25) is 0 Å². The van der Waals surface area contributed by atoms with Crippen LogP contribution in [0.3, 0.4) is 0 Å². The summed E-state index contributed by atoms with van der Waals surface area (Å²) in [5, 5.41) is 2.51. The van der Waals surface area contributed by atoms with Gasteiger partial charge in [0.15, 0.2) is 5.78 Å². The van der Waals surface area contributed by atoms with Gasteiger partial charge in [0.25, 0.3) is 0 Å². The van der Waals surface area contributed by atoms with Crippen molar-refractivity contribution in [3.8, 4) is 0 Å². The first-order valence-corrected chi connectivity index (χ1v) is 8.64. The molecule has 118 valence electrons. The van der Waals surface area contributed by atoms with Gasteiger partial charge in [0.05, 0.1) is 11.2 Å². The number of hydrogen-bond acceptors (Lipinski definition) is 2. The zero-order chi connectivity index (χ0) is 16.1. The van der Waals surface area contributed by atoms with Crippen molar-refractivity contribution in [3.63, 3.8) is 0 Å². The van der Waals surface area contributed by atoms with Gasteiger partial charge in [-0.15, -0.1) is 0 Å². The van der Waals surface area contributed by atoms with E-state index < -0.39 is 0 Å². The third-order valence-corrected chi connectivity index (χ3v) is 5.28. The van der Waals surface area contributed by atoms with Crippen molar-refractivity contribution in [1.82, 2.24) is 9.97 Å². The van der Waals surface area contributed by atoms with Crippen LogP contribution < -0.4 is 0 Å². The first-order chi connectivity index (χ1) is 11.8. The molecule has 2 heterocycles. The van der Waals surface area contributed by atoms with Crippen LogP contribution in [0, 0.1) is 0 Å². The fraction of sp³-hybridized carbons (Fsp3) is 0.238. The summed E-state index contributed by atoms with van der Waals surface area (Å²) in [5.74, 6) is 0.205. The molecule has 2 aliphatic carbocycles. The monoisotopic (exact) mass is 314 g/mol. The Bertz CT molecular complexity index is 1050. The molecule has 2 aliphatic rings. The number of hydrogen-bond donors (Lipinski definition) is 1. The molecule has 0 atom stereocenters. The summed E-state index contributed by atoms with van der Waals surface area (Å²) in [5.41, 5.74) is 6.76. The molecule has 0 amide bonds. The minimum absolute atomic E-state index is 0.205. The number of fused-ring (bicyclic) bond motifs is 5. The molecule has 3 heteroatoms. The number of allylic oxidation sites excluding steroid dienone is 4. The third-order valence-electron chi connectivity index (χ3n) is 5.28. The molecule has 0 spiro atoms. The minimum atomic E-state index is 0.205. The van der Waals surface area contributed by atoms with Crippen molar-refractivity contribution in [2.24, 2.45) is 0 Å². The second kappa shape index (κ2) is 5.17. The molecule has 2 aromatic heterocycles. The summed E-state index contributed by atoms with van der Waals surface area (Å²) in [6.45, 7) is 0. The van der Waals surface area contributed by atoms with Crippen LogP contribution in [0.1, 0.15) is 36.1 Å². The molecular formula is C21H18N2O. The van der Waals surface area contributed by atoms with E-state index in [0.717, 1.165) is 35.1 Å². The number of aromatic nitrogens is 2. The summed E-state index contributed by atoms with van der Waals surface area (Å²) in [6, 6.07) is 6.27. The number of aromatic amines is 1. The topological polar surface area (TPSA) is 45.8 Å². The highest BCUT2D eigenvalue weighted by Crippen LogP contribution is 2.37. The number of carbonyl (C=O) groups is 1. The maximum atomic E-state index is 12.4. The molecular weight excluding hydrogens is 296 g/mol. The zero-order valence-corrected chi connectivity index (χ0v) is 13.4. The predicted octanol–water partition coefficient (Wildman–Crippen LogP) is 4.51. The molecule has 0 fully saturated rings. The highest BCUT2D eigenvalue weighted by Gasteiger charge is 2.23. The standard InChI is InChI=1S/C21H18N2O/c24-19-8-4-3-7-16(19)21-14-6-2-1-5-13(14)20-15-11-12-22-17(15)9-10-18(20)23-21/h3-4,7,9-12,23H,1-2,5-6,8H2. The lowest BCUT2D eigenvalue weighted by atomic mass is 9.84. The second-order valence-corrected chi connectivity index (χ2v) is 6.67. The van der Waals surface area contributed by atoms with E-state index in [1.807, 2.05) is 24.4 Å². The Kier molecular flexibility index (Phi) is 2.96. The molecule has 0 saturated carbocycles. The summed E-state index contributed by atoms with van der Waals surface area (Å²) in [7, 11) is 0. The fourth-order valence-electron chi connectivity index (χ4n) is 4.17. The Morgan fingerprint density at radius 1 is 1.04 bits per heavy atom. The third kappa shape index (κ3) is 1.91. The van der Waals surface area contributed by atoms with E-state index >= 15 is 0 Å². The fourth-order valence-corrected chi connectivity index (χ4v) is 4.17. The van der Waals surface area contributed by atoms with Crippen LogP contribution in [0.25, 0.3) is 27.4 Å². The van der Waals surface area contributed by atoms with Gasteiger partial charge in [0, 0.05) is 34.5 Å². The first-order valence-electron chi connectivity index (χ1n) is 8.64. The molecule has 0 saturated heterocycles. The minimum Gasteiger partial charge on any atom is -0.354 e. The van der Waals surface area contributed by atoms with Crippen molar-refractivity contribution in [1.29, 1.82) is 0 Å². The first kappa shape index (κ1) is 13.7. The Hall–Kier alpha value is -2.68. The number of rotatable bonds is 1. The molecule has 24 heavy (non-hydrogen) atoms. The highest BCUT2D eigenvalue weighted by molar-refractivity contribution is 6.23. The SMILES string of the molecule is O=C1CC=CC=C1c1[nH]c2ccc3nccc3c2c2c1CCCC2. The van der Waals surface area contributed by atoms with E-state index in [4.69, 9.17) is 0 Å². The van der Waals surface area contributed by atoms with Crippen molar-refractivity contribution in [3.05, 3.63) is 59.4 Å². The Morgan fingerprint density at radius 3 is 2.79 bits per heavy atom. The Labute approximate surface area is 140 Å². The quantitative estimate of drug-likeness (QED) is 0.718. The highest BCUT2D eigenvalue weighted by atomic mass is 16.1. The van der Waals surface area contributed by atoms with Crippen LogP contribution in [0.4, 0.5) is 0 Å². The summed E-state index contributed by atoms with van der Waals surface area (Å²) in [6.07, 6.45) is 12.8. The van der Waals surface area contributed by atoms with Crippen LogP contribution in [-0.2, 0) is 17.6 Å². The average molecular weight is 314 g/mol. The van der Waals surface area contributed by atoms with Crippen molar-refractivity contribution >= 4 is 33.2 Å². The Morgan fingerprint density at radius 2 is 1.92 bits per heavy atom. The normalized spacial score (nSPS) is 17.3. The molecule has 1 aromatic carbocycles. The molecule has 0 bridgehead atoms. The number of pyridine rings is 1. The number of nitrogens with one attached hydrogen (secondary N) is 1. The summed E-state index contributed by atoms with van der Waals surface area (Å²) < 4.78 is 0. The number of aryl methyl sites for hydroxylation is 1. The number of Topliss-reactive ketones (excluding diaryl/α,β-unsaturated/α-hetero) is 1. The average Bonchev–Trinajstić information content (AvgIpc) is 3.10. The van der Waals surface area contributed by atoms with Crippen LogP contribution in [0.15, 0.2) is 42.6 Å². The lowest BCUT2D eigenvalue weighted by Crippen LogP contribution is -2.13. The molecule has 0 unspecified atom stereocenters. The predicted molar refractivity (Wildman–Crippen MR) is 97.0 cm³/mol. The van der Waals surface area contributed by atoms with Crippen LogP contribution in [0.5, 0.6) is 0 Å². The van der Waals surface area contributed by atoms with Gasteiger partial charge in [-0.05, 0) is 61.1 Å². The van der Waals surface area contributed by atoms with Gasteiger partial charge in [-0.25, -0.2) is 0 Å². The van der Waals surface area contributed by atoms with Gasteiger partial charge in [0.1, 0.15) is 0 Å². The lowest BCUT2D eigenvalue weighted by molar-refractivity contribution is -0.113. The van der Waals surface area contributed by atoms with Crippen molar-refractivity contribution in [2.45, 2.75) is 32.1 Å². The van der Waals surface area contributed by atoms with Gasteiger partial charge in [0.2, 0.25) is 0 Å². The van der Waals surface area contributed by atoms with Crippen LogP contribution in [-0.4, -0.2) is 15.8 Å². The second-order valence-electron chi connectivity index (χ2n) is 6.67. The van der Waals surface area contributed by atoms with Gasteiger partial charge >= 0.3 is 0 Å². The maximum absolute atomic E-state index is 12.4. The molecule has 0 aliphatic heterocycles. The number of benzene rings is 1. The molecule has 1 N–H and O–H groups in total. The number of ketones is 1. The Balaban J connectivity index is 1.89. The van der Waals surface area contributed by atoms with Gasteiger partial charge in [-0.2, -0.15) is 0 Å². The summed E-state index contributed by atoms with van der Waals surface area (Å²) in [4.78, 5) is 20.5. The van der Waals surface area contributed by atoms with Gasteiger partial charge in [-0.3, -0.25) is 9.78 Å². The lowest BCUT2D eigenvalue weighted by Gasteiger charge is -2.24. The zero-order valence-electron chi connectivity index (χ0n) is 13.4. The van der Waals surface area contributed by atoms with E-state index in [2.05, 4.69) is 28.2 Å². The molecule has 3 aromatic rings. The van der Waals surface area contributed by atoms with E-state index in [1.165, 1.54) is 34.7 Å². The van der Waals surface area contributed by atoms with E-state index in [1.54, 1.807) is 0 Å². The molecule has 0 radical (unpaired) electrons. The molecule has 5 rings (SSSR count). The van der Waals surface area contributed by atoms with E-state index in [-0.39, 0.29) is 5.78 Å². The number of carbonyl (C=O) groups excluding carboxylic acids is 1. The number of nitrogens with zero attached hydrogens (tertiary/aromatic N) is 1. The smallest absolute Gasteiger partial charge is 0.168 e. The summed E-state index contributed by atoms with van der Waals surface area (Å²) >= 11 is 0. The van der Waals surface area contributed by atoms with Crippen LogP contribution >= 0.6 is 0 Å². The van der Waals surface area contributed by atoms with Gasteiger partial charge in [-0.1, -0.05) is 12.2 Å².